The third-order valence-corrected chi connectivity index (χ3v) is 4.59. The van der Waals surface area contributed by atoms with E-state index in [9.17, 15) is 4.79 Å². The topological polar surface area (TPSA) is 41.6 Å². The number of ether oxygens (including phenoxy) is 1. The van der Waals surface area contributed by atoms with Crippen LogP contribution >= 0.6 is 0 Å². The summed E-state index contributed by atoms with van der Waals surface area (Å²) in [5.41, 5.74) is 0. The maximum Gasteiger partial charge on any atom is 0.317 e. The van der Waals surface area contributed by atoms with Gasteiger partial charge in [0.2, 0.25) is 0 Å². The Morgan fingerprint density at radius 3 is 2.63 bits per heavy atom. The van der Waals surface area contributed by atoms with Crippen LogP contribution in [-0.2, 0) is 4.74 Å². The van der Waals surface area contributed by atoms with Gasteiger partial charge in [-0.25, -0.2) is 4.79 Å². The lowest BCUT2D eigenvalue weighted by molar-refractivity contribution is 0.105. The highest BCUT2D eigenvalue weighted by atomic mass is 16.5. The molecule has 0 bridgehead atoms. The van der Waals surface area contributed by atoms with Crippen molar-refractivity contribution in [2.24, 2.45) is 5.92 Å². The number of carbonyl (C=O) groups is 1. The molecule has 1 saturated heterocycles. The first-order chi connectivity index (χ1) is 9.13. The van der Waals surface area contributed by atoms with Gasteiger partial charge in [0.1, 0.15) is 0 Å². The Bertz CT molecular complexity index is 299. The zero-order valence-electron chi connectivity index (χ0n) is 12.5. The Hall–Kier alpha value is -0.770. The van der Waals surface area contributed by atoms with Crippen molar-refractivity contribution in [2.75, 3.05) is 13.2 Å². The van der Waals surface area contributed by atoms with Gasteiger partial charge in [0.25, 0.3) is 0 Å². The molecule has 2 aliphatic rings. The third-order valence-electron chi connectivity index (χ3n) is 4.59. The van der Waals surface area contributed by atoms with Gasteiger partial charge in [-0.3, -0.25) is 0 Å². The van der Waals surface area contributed by atoms with E-state index in [0.29, 0.717) is 24.5 Å². The summed E-state index contributed by atoms with van der Waals surface area (Å²) in [6.45, 7) is 8.10. The van der Waals surface area contributed by atoms with E-state index in [2.05, 4.69) is 31.0 Å². The van der Waals surface area contributed by atoms with E-state index in [1.807, 2.05) is 0 Å². The minimum absolute atomic E-state index is 0.103. The molecule has 1 aliphatic heterocycles. The molecule has 2 rings (SSSR count). The van der Waals surface area contributed by atoms with Crippen molar-refractivity contribution in [2.45, 2.75) is 71.1 Å². The van der Waals surface area contributed by atoms with E-state index in [4.69, 9.17) is 4.74 Å². The number of urea groups is 1. The van der Waals surface area contributed by atoms with E-state index < -0.39 is 0 Å². The van der Waals surface area contributed by atoms with Gasteiger partial charge in [-0.15, -0.1) is 0 Å². The Labute approximate surface area is 116 Å². The molecule has 1 heterocycles. The van der Waals surface area contributed by atoms with Crippen molar-refractivity contribution in [1.29, 1.82) is 0 Å². The number of hydrogen-bond donors (Lipinski definition) is 1. The number of nitrogens with one attached hydrogen (secondary N) is 1. The lowest BCUT2D eigenvalue weighted by atomic mass is 9.99. The van der Waals surface area contributed by atoms with Gasteiger partial charge in [-0.1, -0.05) is 20.3 Å². The summed E-state index contributed by atoms with van der Waals surface area (Å²) < 4.78 is 5.56. The first kappa shape index (κ1) is 14.6. The zero-order valence-corrected chi connectivity index (χ0v) is 12.5. The molecule has 3 atom stereocenters. The summed E-state index contributed by atoms with van der Waals surface area (Å²) >= 11 is 0. The largest absolute Gasteiger partial charge is 0.376 e. The van der Waals surface area contributed by atoms with E-state index in [1.54, 1.807) is 0 Å². The van der Waals surface area contributed by atoms with Crippen molar-refractivity contribution in [3.05, 3.63) is 0 Å². The van der Waals surface area contributed by atoms with E-state index in [-0.39, 0.29) is 12.1 Å². The molecule has 0 aromatic carbocycles. The van der Waals surface area contributed by atoms with Gasteiger partial charge in [-0.05, 0) is 38.5 Å². The standard InChI is InChI=1S/C15H28N2O2/c1-4-11(2)12(3)17(13-7-8-13)15(18)16-10-14-6-5-9-19-14/h11-14H,4-10H2,1-3H3,(H,16,18)/t11-,12+,14+/m0/s1. The average Bonchev–Trinajstić information content (AvgIpc) is 3.10. The second-order valence-corrected chi connectivity index (χ2v) is 6.09. The van der Waals surface area contributed by atoms with Gasteiger partial charge in [-0.2, -0.15) is 0 Å². The highest BCUT2D eigenvalue weighted by molar-refractivity contribution is 5.75. The molecule has 19 heavy (non-hydrogen) atoms. The summed E-state index contributed by atoms with van der Waals surface area (Å²) in [6.07, 6.45) is 5.86. The smallest absolute Gasteiger partial charge is 0.317 e. The normalized spacial score (nSPS) is 25.9. The predicted octanol–water partition coefficient (Wildman–Crippen LogP) is 2.77. The molecule has 1 N–H and O–H groups in total. The van der Waals surface area contributed by atoms with Crippen molar-refractivity contribution in [3.63, 3.8) is 0 Å². The Balaban J connectivity index is 1.85. The van der Waals surface area contributed by atoms with Crippen LogP contribution in [-0.4, -0.2) is 42.3 Å². The molecule has 0 aromatic heterocycles. The molecule has 0 radical (unpaired) electrons. The Kier molecular flexibility index (Phi) is 5.08. The van der Waals surface area contributed by atoms with Gasteiger partial charge in [0, 0.05) is 25.2 Å². The Morgan fingerprint density at radius 1 is 1.37 bits per heavy atom. The predicted molar refractivity (Wildman–Crippen MR) is 76.2 cm³/mol. The zero-order chi connectivity index (χ0) is 13.8. The molecule has 4 heteroatoms. The number of hydrogen-bond acceptors (Lipinski definition) is 2. The molecule has 0 spiro atoms. The van der Waals surface area contributed by atoms with Crippen LogP contribution in [0, 0.1) is 5.92 Å². The summed E-state index contributed by atoms with van der Waals surface area (Å²) in [6, 6.07) is 0.890. The lowest BCUT2D eigenvalue weighted by Gasteiger charge is -2.33. The minimum Gasteiger partial charge on any atom is -0.376 e. The molecule has 0 unspecified atom stereocenters. The van der Waals surface area contributed by atoms with E-state index >= 15 is 0 Å². The van der Waals surface area contributed by atoms with Gasteiger partial charge in [0.15, 0.2) is 0 Å². The highest BCUT2D eigenvalue weighted by Gasteiger charge is 2.37. The van der Waals surface area contributed by atoms with Crippen LogP contribution in [0.4, 0.5) is 4.79 Å². The fourth-order valence-corrected chi connectivity index (χ4v) is 2.75. The summed E-state index contributed by atoms with van der Waals surface area (Å²) in [7, 11) is 0. The average molecular weight is 268 g/mol. The fourth-order valence-electron chi connectivity index (χ4n) is 2.75. The molecule has 110 valence electrons. The second kappa shape index (κ2) is 6.60. The summed E-state index contributed by atoms with van der Waals surface area (Å²) in [5.74, 6) is 0.550. The Morgan fingerprint density at radius 2 is 2.11 bits per heavy atom. The van der Waals surface area contributed by atoms with Crippen molar-refractivity contribution in [3.8, 4) is 0 Å². The van der Waals surface area contributed by atoms with Crippen LogP contribution in [0.3, 0.4) is 0 Å². The van der Waals surface area contributed by atoms with Gasteiger partial charge >= 0.3 is 6.03 Å². The van der Waals surface area contributed by atoms with E-state index in [0.717, 1.165) is 38.7 Å². The molecule has 2 amide bonds. The van der Waals surface area contributed by atoms with Crippen LogP contribution in [0.15, 0.2) is 0 Å². The maximum atomic E-state index is 12.4. The number of amides is 2. The third kappa shape index (κ3) is 3.85. The molecule has 4 nitrogen and oxygen atoms in total. The number of nitrogens with zero attached hydrogens (tertiary/aromatic N) is 1. The van der Waals surface area contributed by atoms with Crippen molar-refractivity contribution < 1.29 is 9.53 Å². The van der Waals surface area contributed by atoms with Crippen molar-refractivity contribution >= 4 is 6.03 Å². The minimum atomic E-state index is 0.103. The monoisotopic (exact) mass is 268 g/mol. The van der Waals surface area contributed by atoms with Crippen LogP contribution in [0.25, 0.3) is 0 Å². The van der Waals surface area contributed by atoms with Crippen LogP contribution in [0.5, 0.6) is 0 Å². The molecular weight excluding hydrogens is 240 g/mol. The van der Waals surface area contributed by atoms with Gasteiger partial charge < -0.3 is 15.0 Å². The first-order valence-electron chi connectivity index (χ1n) is 7.81. The van der Waals surface area contributed by atoms with Crippen LogP contribution in [0.1, 0.15) is 52.9 Å². The lowest BCUT2D eigenvalue weighted by Crippen LogP contribution is -2.50. The molecule has 1 saturated carbocycles. The summed E-state index contributed by atoms with van der Waals surface area (Å²) in [5, 5.41) is 3.07. The van der Waals surface area contributed by atoms with Crippen molar-refractivity contribution in [1.82, 2.24) is 10.2 Å². The quantitative estimate of drug-likeness (QED) is 0.805. The van der Waals surface area contributed by atoms with E-state index in [1.165, 1.54) is 0 Å². The van der Waals surface area contributed by atoms with Crippen LogP contribution in [0.2, 0.25) is 0 Å². The summed E-state index contributed by atoms with van der Waals surface area (Å²) in [4.78, 5) is 14.5. The second-order valence-electron chi connectivity index (χ2n) is 6.09. The maximum absolute atomic E-state index is 12.4. The molecule has 2 fully saturated rings. The first-order valence-corrected chi connectivity index (χ1v) is 7.81. The molecule has 1 aliphatic carbocycles. The SMILES string of the molecule is CC[C@H](C)[C@@H](C)N(C(=O)NC[C@H]1CCCO1)C1CC1. The van der Waals surface area contributed by atoms with Crippen LogP contribution < -0.4 is 5.32 Å². The highest BCUT2D eigenvalue weighted by Crippen LogP contribution is 2.31. The molecule has 0 aromatic rings. The number of carbonyl (C=O) groups excluding carboxylic acids is 1. The number of rotatable bonds is 6. The molecular formula is C15H28N2O2. The fraction of sp³-hybridized carbons (Fsp3) is 0.933. The van der Waals surface area contributed by atoms with Gasteiger partial charge in [0.05, 0.1) is 6.10 Å².